The lowest BCUT2D eigenvalue weighted by molar-refractivity contribution is 0.0500. The molecule has 47 heavy (non-hydrogen) atoms. The quantitative estimate of drug-likeness (QED) is 0.162. The number of benzene rings is 4. The van der Waals surface area contributed by atoms with Gasteiger partial charge in [0, 0.05) is 18.8 Å². The van der Waals surface area contributed by atoms with Gasteiger partial charge in [-0.1, -0.05) is 114 Å². The zero-order valence-electron chi connectivity index (χ0n) is 26.7. The normalized spacial score (nSPS) is 13.6. The molecule has 1 aromatic heterocycles. The minimum Gasteiger partial charge on any atom is -0.449 e. The summed E-state index contributed by atoms with van der Waals surface area (Å²) in [5.74, 6) is 0.386. The third-order valence-electron chi connectivity index (χ3n) is 7.96. The lowest BCUT2D eigenvalue weighted by Gasteiger charge is -2.22. The smallest absolute Gasteiger partial charge is 0.408 e. The van der Waals surface area contributed by atoms with E-state index in [4.69, 9.17) is 14.0 Å². The third kappa shape index (κ3) is 7.87. The van der Waals surface area contributed by atoms with Crippen LogP contribution >= 0.6 is 0 Å². The Morgan fingerprint density at radius 1 is 0.723 bits per heavy atom. The van der Waals surface area contributed by atoms with Crippen LogP contribution in [0, 0.1) is 0 Å². The van der Waals surface area contributed by atoms with Crippen LogP contribution in [0.4, 0.5) is 9.59 Å². The Bertz CT molecular complexity index is 1770. The minimum absolute atomic E-state index is 0.0756. The first-order chi connectivity index (χ1) is 22.7. The van der Waals surface area contributed by atoms with Crippen LogP contribution in [-0.4, -0.2) is 34.5 Å². The Morgan fingerprint density at radius 2 is 1.23 bits per heavy atom. The molecule has 240 valence electrons. The first kappa shape index (κ1) is 31.5. The molecule has 4 aromatic carbocycles. The summed E-state index contributed by atoms with van der Waals surface area (Å²) < 4.78 is 17.1. The highest BCUT2D eigenvalue weighted by Gasteiger charge is 2.31. The van der Waals surface area contributed by atoms with Crippen molar-refractivity contribution < 1.29 is 23.6 Å². The van der Waals surface area contributed by atoms with E-state index in [0.29, 0.717) is 12.8 Å². The van der Waals surface area contributed by atoms with Gasteiger partial charge in [0.2, 0.25) is 5.89 Å². The zero-order chi connectivity index (χ0) is 32.8. The van der Waals surface area contributed by atoms with Crippen LogP contribution in [-0.2, 0) is 22.3 Å². The predicted octanol–water partition coefficient (Wildman–Crippen LogP) is 7.70. The molecule has 1 heterocycles. The van der Waals surface area contributed by atoms with E-state index in [1.807, 2.05) is 84.9 Å². The van der Waals surface area contributed by atoms with Crippen LogP contribution in [0.15, 0.2) is 114 Å². The number of fused-ring (bicyclic) bond motifs is 3. The minimum atomic E-state index is -0.687. The number of hydrogen-bond donors (Lipinski definition) is 2. The van der Waals surface area contributed by atoms with E-state index in [-0.39, 0.29) is 24.2 Å². The van der Waals surface area contributed by atoms with Gasteiger partial charge in [-0.05, 0) is 54.2 Å². The maximum absolute atomic E-state index is 13.4. The molecule has 0 fully saturated rings. The molecule has 0 saturated heterocycles. The maximum Gasteiger partial charge on any atom is 0.408 e. The number of nitrogens with one attached hydrogen (secondary N) is 2. The van der Waals surface area contributed by atoms with Crippen molar-refractivity contribution in [1.29, 1.82) is 0 Å². The maximum atomic E-state index is 13.4. The van der Waals surface area contributed by atoms with Crippen molar-refractivity contribution in [2.45, 2.75) is 57.2 Å². The lowest BCUT2D eigenvalue weighted by atomic mass is 9.98. The Labute approximate surface area is 274 Å². The van der Waals surface area contributed by atoms with E-state index < -0.39 is 29.9 Å². The number of alkyl carbamates (subject to hydrolysis) is 2. The summed E-state index contributed by atoms with van der Waals surface area (Å²) in [5.41, 5.74) is 5.82. The van der Waals surface area contributed by atoms with Gasteiger partial charge in [-0.3, -0.25) is 0 Å². The highest BCUT2D eigenvalue weighted by Crippen LogP contribution is 2.44. The van der Waals surface area contributed by atoms with Gasteiger partial charge in [0.1, 0.15) is 18.2 Å². The monoisotopic (exact) mass is 630 g/mol. The van der Waals surface area contributed by atoms with Gasteiger partial charge < -0.3 is 24.6 Å². The third-order valence-corrected chi connectivity index (χ3v) is 7.96. The van der Waals surface area contributed by atoms with Gasteiger partial charge >= 0.3 is 12.2 Å². The van der Waals surface area contributed by atoms with Gasteiger partial charge in [-0.2, -0.15) is 4.98 Å². The molecular weight excluding hydrogens is 592 g/mol. The molecule has 1 aliphatic rings. The van der Waals surface area contributed by atoms with Crippen molar-refractivity contribution in [1.82, 2.24) is 20.8 Å². The van der Waals surface area contributed by atoms with Crippen molar-refractivity contribution in [3.05, 3.63) is 143 Å². The summed E-state index contributed by atoms with van der Waals surface area (Å²) in [5, 5.41) is 10.1. The van der Waals surface area contributed by atoms with Crippen molar-refractivity contribution >= 4 is 12.2 Å². The molecule has 9 heteroatoms. The van der Waals surface area contributed by atoms with E-state index in [9.17, 15) is 9.59 Å². The van der Waals surface area contributed by atoms with Gasteiger partial charge in [-0.15, -0.1) is 0 Å². The van der Waals surface area contributed by atoms with Gasteiger partial charge in [-0.25, -0.2) is 9.59 Å². The van der Waals surface area contributed by atoms with Gasteiger partial charge in [0.15, 0.2) is 5.82 Å². The number of amides is 2. The molecule has 2 atom stereocenters. The average Bonchev–Trinajstić information content (AvgIpc) is 3.67. The fraction of sp³-hybridized carbons (Fsp3) is 0.263. The topological polar surface area (TPSA) is 116 Å². The molecule has 9 nitrogen and oxygen atoms in total. The summed E-state index contributed by atoms with van der Waals surface area (Å²) >= 11 is 0. The molecule has 2 N–H and O–H groups in total. The van der Waals surface area contributed by atoms with E-state index >= 15 is 0 Å². The molecule has 0 aliphatic heterocycles. The zero-order valence-corrected chi connectivity index (χ0v) is 26.7. The summed E-state index contributed by atoms with van der Waals surface area (Å²) in [7, 11) is 0. The molecule has 0 radical (unpaired) electrons. The molecular formula is C38H38N4O5. The lowest BCUT2D eigenvalue weighted by Crippen LogP contribution is -2.36. The summed E-state index contributed by atoms with van der Waals surface area (Å²) in [6.45, 7) is 5.57. The largest absolute Gasteiger partial charge is 0.449 e. The first-order valence-corrected chi connectivity index (χ1v) is 15.8. The number of hydrogen-bond acceptors (Lipinski definition) is 7. The van der Waals surface area contributed by atoms with Crippen LogP contribution in [0.5, 0.6) is 0 Å². The Balaban J connectivity index is 1.21. The fourth-order valence-electron chi connectivity index (χ4n) is 5.87. The van der Waals surface area contributed by atoms with Gasteiger partial charge in [0.25, 0.3) is 0 Å². The van der Waals surface area contributed by atoms with Crippen LogP contribution in [0.2, 0.25) is 0 Å². The highest BCUT2D eigenvalue weighted by atomic mass is 16.6. The van der Waals surface area contributed by atoms with Crippen LogP contribution < -0.4 is 10.6 Å². The average molecular weight is 631 g/mol. The van der Waals surface area contributed by atoms with Crippen LogP contribution in [0.25, 0.3) is 11.1 Å². The van der Waals surface area contributed by atoms with Crippen LogP contribution in [0.3, 0.4) is 0 Å². The standard InChI is InChI=1S/C38H38N4O5/c1-38(2,3)46-37(44)39-32(22-25-14-6-4-7-15-25)34-41-35(47-42-34)33(23-26-16-8-5-9-17-26)40-36(43)45-24-31-29-20-12-10-18-27(29)28-19-11-13-21-30(28)31/h4-21,31-33H,22-24H2,1-3H3,(H,39,44)(H,40,43)/t32-,33-/m0/s1. The number of carbonyl (C=O) groups is 2. The SMILES string of the molecule is CC(C)(C)OC(=O)N[C@@H](Cc1ccccc1)c1noc([C@H](Cc2ccccc2)NC(=O)OCC2c3ccccc3-c3ccccc32)n1. The Morgan fingerprint density at radius 3 is 1.81 bits per heavy atom. The van der Waals surface area contributed by atoms with E-state index in [0.717, 1.165) is 33.4 Å². The number of carbonyl (C=O) groups excluding carboxylic acids is 2. The molecule has 0 bridgehead atoms. The summed E-state index contributed by atoms with van der Waals surface area (Å²) in [6.07, 6.45) is -0.403. The second kappa shape index (κ2) is 13.9. The van der Waals surface area contributed by atoms with E-state index in [1.165, 1.54) is 0 Å². The Hall–Kier alpha value is -5.44. The van der Waals surface area contributed by atoms with Crippen molar-refractivity contribution in [3.63, 3.8) is 0 Å². The molecule has 6 rings (SSSR count). The number of rotatable bonds is 10. The number of aromatic nitrogens is 2. The van der Waals surface area contributed by atoms with Crippen molar-refractivity contribution in [2.75, 3.05) is 6.61 Å². The van der Waals surface area contributed by atoms with E-state index in [1.54, 1.807) is 20.8 Å². The summed E-state index contributed by atoms with van der Waals surface area (Å²) in [4.78, 5) is 30.8. The Kier molecular flexibility index (Phi) is 9.33. The molecule has 2 amide bonds. The molecule has 1 aliphatic carbocycles. The molecule has 0 spiro atoms. The number of nitrogens with zero attached hydrogens (tertiary/aromatic N) is 2. The molecule has 0 unspecified atom stereocenters. The second-order valence-corrected chi connectivity index (χ2v) is 12.6. The van der Waals surface area contributed by atoms with Gasteiger partial charge in [0.05, 0.1) is 6.04 Å². The molecule has 0 saturated carbocycles. The fourth-order valence-corrected chi connectivity index (χ4v) is 5.87. The van der Waals surface area contributed by atoms with E-state index in [2.05, 4.69) is 45.0 Å². The second-order valence-electron chi connectivity index (χ2n) is 12.6. The molecule has 5 aromatic rings. The summed E-state index contributed by atoms with van der Waals surface area (Å²) in [6, 6.07) is 34.5. The predicted molar refractivity (Wildman–Crippen MR) is 178 cm³/mol. The highest BCUT2D eigenvalue weighted by molar-refractivity contribution is 5.79. The first-order valence-electron chi connectivity index (χ1n) is 15.8. The number of ether oxygens (including phenoxy) is 2. The van der Waals surface area contributed by atoms with Crippen molar-refractivity contribution in [2.24, 2.45) is 0 Å². The van der Waals surface area contributed by atoms with Crippen molar-refractivity contribution in [3.8, 4) is 11.1 Å². The van der Waals surface area contributed by atoms with Crippen LogP contribution in [0.1, 0.15) is 72.7 Å².